The molecule has 0 saturated carbocycles. The van der Waals surface area contributed by atoms with Gasteiger partial charge in [0.05, 0.1) is 5.69 Å². The van der Waals surface area contributed by atoms with Crippen molar-refractivity contribution in [3.8, 4) is 5.75 Å². The van der Waals surface area contributed by atoms with Crippen molar-refractivity contribution in [3.63, 3.8) is 0 Å². The summed E-state index contributed by atoms with van der Waals surface area (Å²) in [6.45, 7) is 4.44. The van der Waals surface area contributed by atoms with Gasteiger partial charge in [-0.15, -0.1) is 0 Å². The lowest BCUT2D eigenvalue weighted by Gasteiger charge is -2.14. The SMILES string of the molecule is CC(C)CNC(=O)c1c(O)cccc1NC(=O)c1cccc2ccccc12. The Balaban J connectivity index is 1.92. The summed E-state index contributed by atoms with van der Waals surface area (Å²) in [4.78, 5) is 25.4. The summed E-state index contributed by atoms with van der Waals surface area (Å²) in [5.41, 5.74) is 0.839. The van der Waals surface area contributed by atoms with E-state index >= 15 is 0 Å². The Bertz CT molecular complexity index is 991. The minimum Gasteiger partial charge on any atom is -0.507 e. The highest BCUT2D eigenvalue weighted by atomic mass is 16.3. The number of carbonyl (C=O) groups is 2. The van der Waals surface area contributed by atoms with Crippen molar-refractivity contribution in [1.29, 1.82) is 0 Å². The average molecular weight is 362 g/mol. The first-order valence-corrected chi connectivity index (χ1v) is 8.86. The zero-order valence-corrected chi connectivity index (χ0v) is 15.3. The van der Waals surface area contributed by atoms with Crippen molar-refractivity contribution >= 4 is 28.3 Å². The average Bonchev–Trinajstić information content (AvgIpc) is 2.65. The highest BCUT2D eigenvalue weighted by molar-refractivity contribution is 6.15. The highest BCUT2D eigenvalue weighted by Gasteiger charge is 2.19. The highest BCUT2D eigenvalue weighted by Crippen LogP contribution is 2.27. The van der Waals surface area contributed by atoms with Crippen LogP contribution in [0, 0.1) is 5.92 Å². The summed E-state index contributed by atoms with van der Waals surface area (Å²) in [6, 6.07) is 17.7. The summed E-state index contributed by atoms with van der Waals surface area (Å²) in [5, 5.41) is 17.5. The summed E-state index contributed by atoms with van der Waals surface area (Å²) in [7, 11) is 0. The van der Waals surface area contributed by atoms with Crippen LogP contribution in [-0.4, -0.2) is 23.5 Å². The second kappa shape index (κ2) is 7.91. The molecule has 0 aliphatic heterocycles. The van der Waals surface area contributed by atoms with Gasteiger partial charge in [-0.05, 0) is 34.9 Å². The van der Waals surface area contributed by atoms with E-state index < -0.39 is 5.91 Å². The monoisotopic (exact) mass is 362 g/mol. The number of rotatable bonds is 5. The molecule has 3 N–H and O–H groups in total. The first kappa shape index (κ1) is 18.5. The van der Waals surface area contributed by atoms with Gasteiger partial charge in [0.1, 0.15) is 11.3 Å². The second-order valence-corrected chi connectivity index (χ2v) is 6.78. The standard InChI is InChI=1S/C22H22N2O3/c1-14(2)13-23-22(27)20-18(11-6-12-19(20)25)24-21(26)17-10-5-8-15-7-3-4-9-16(15)17/h3-12,14,25H,13H2,1-2H3,(H,23,27)(H,24,26). The minimum atomic E-state index is -0.421. The maximum absolute atomic E-state index is 12.9. The first-order valence-electron chi connectivity index (χ1n) is 8.86. The molecule has 2 amide bonds. The molecule has 0 aliphatic carbocycles. The lowest BCUT2D eigenvalue weighted by atomic mass is 10.0. The van der Waals surface area contributed by atoms with Crippen LogP contribution >= 0.6 is 0 Å². The molecule has 5 nitrogen and oxygen atoms in total. The third kappa shape index (κ3) is 4.08. The molecule has 0 bridgehead atoms. The number of hydrogen-bond donors (Lipinski definition) is 3. The van der Waals surface area contributed by atoms with Crippen LogP contribution in [0.3, 0.4) is 0 Å². The van der Waals surface area contributed by atoms with Crippen LogP contribution in [-0.2, 0) is 0 Å². The molecule has 0 fully saturated rings. The van der Waals surface area contributed by atoms with Gasteiger partial charge in [0, 0.05) is 12.1 Å². The van der Waals surface area contributed by atoms with E-state index in [0.717, 1.165) is 10.8 Å². The number of phenols is 1. The molecule has 0 atom stereocenters. The van der Waals surface area contributed by atoms with E-state index in [1.54, 1.807) is 18.2 Å². The molecule has 5 heteroatoms. The normalized spacial score (nSPS) is 10.8. The van der Waals surface area contributed by atoms with Crippen LogP contribution in [0.15, 0.2) is 60.7 Å². The number of benzene rings is 3. The van der Waals surface area contributed by atoms with Crippen LogP contribution in [0.1, 0.15) is 34.6 Å². The summed E-state index contributed by atoms with van der Waals surface area (Å²) in [6.07, 6.45) is 0. The number of fused-ring (bicyclic) bond motifs is 1. The van der Waals surface area contributed by atoms with Gasteiger partial charge in [0.25, 0.3) is 11.8 Å². The van der Waals surface area contributed by atoms with Crippen molar-refractivity contribution in [3.05, 3.63) is 71.8 Å². The number of hydrogen-bond acceptors (Lipinski definition) is 3. The number of nitrogens with one attached hydrogen (secondary N) is 2. The van der Waals surface area contributed by atoms with E-state index in [-0.39, 0.29) is 28.8 Å². The minimum absolute atomic E-state index is 0.0618. The van der Waals surface area contributed by atoms with Crippen molar-refractivity contribution in [2.45, 2.75) is 13.8 Å². The van der Waals surface area contributed by atoms with Gasteiger partial charge in [-0.1, -0.05) is 56.3 Å². The van der Waals surface area contributed by atoms with Crippen LogP contribution in [0.25, 0.3) is 10.8 Å². The zero-order chi connectivity index (χ0) is 19.4. The van der Waals surface area contributed by atoms with E-state index in [9.17, 15) is 14.7 Å². The maximum atomic E-state index is 12.9. The summed E-state index contributed by atoms with van der Waals surface area (Å²) >= 11 is 0. The lowest BCUT2D eigenvalue weighted by Crippen LogP contribution is -2.28. The fourth-order valence-electron chi connectivity index (χ4n) is 2.88. The molecule has 0 radical (unpaired) electrons. The van der Waals surface area contributed by atoms with E-state index in [2.05, 4.69) is 10.6 Å². The van der Waals surface area contributed by atoms with Crippen molar-refractivity contribution in [2.75, 3.05) is 11.9 Å². The molecule has 27 heavy (non-hydrogen) atoms. The summed E-state index contributed by atoms with van der Waals surface area (Å²) in [5.74, 6) is -0.661. The molecule has 3 aromatic carbocycles. The van der Waals surface area contributed by atoms with E-state index in [0.29, 0.717) is 12.1 Å². The summed E-state index contributed by atoms with van der Waals surface area (Å²) < 4.78 is 0. The molecule has 0 spiro atoms. The van der Waals surface area contributed by atoms with Crippen LogP contribution in [0.4, 0.5) is 5.69 Å². The van der Waals surface area contributed by atoms with E-state index in [4.69, 9.17) is 0 Å². The molecule has 3 rings (SSSR count). The number of aromatic hydroxyl groups is 1. The van der Waals surface area contributed by atoms with Gasteiger partial charge in [0.2, 0.25) is 0 Å². The third-order valence-electron chi connectivity index (χ3n) is 4.22. The third-order valence-corrected chi connectivity index (χ3v) is 4.22. The van der Waals surface area contributed by atoms with Gasteiger partial charge >= 0.3 is 0 Å². The predicted molar refractivity (Wildman–Crippen MR) is 107 cm³/mol. The number of amides is 2. The molecule has 3 aromatic rings. The topological polar surface area (TPSA) is 78.4 Å². The Kier molecular flexibility index (Phi) is 5.41. The predicted octanol–water partition coefficient (Wildman–Crippen LogP) is 4.18. The van der Waals surface area contributed by atoms with Gasteiger partial charge < -0.3 is 15.7 Å². The molecule has 0 aromatic heterocycles. The Morgan fingerprint density at radius 3 is 2.41 bits per heavy atom. The van der Waals surface area contributed by atoms with Gasteiger partial charge in [-0.3, -0.25) is 9.59 Å². The van der Waals surface area contributed by atoms with Gasteiger partial charge in [0.15, 0.2) is 0 Å². The van der Waals surface area contributed by atoms with Crippen molar-refractivity contribution in [2.24, 2.45) is 5.92 Å². The number of anilines is 1. The van der Waals surface area contributed by atoms with Gasteiger partial charge in [-0.25, -0.2) is 0 Å². The second-order valence-electron chi connectivity index (χ2n) is 6.78. The van der Waals surface area contributed by atoms with Crippen molar-refractivity contribution in [1.82, 2.24) is 5.32 Å². The zero-order valence-electron chi connectivity index (χ0n) is 15.3. The molecular weight excluding hydrogens is 340 g/mol. The Morgan fingerprint density at radius 2 is 1.63 bits per heavy atom. The lowest BCUT2D eigenvalue weighted by molar-refractivity contribution is 0.0947. The van der Waals surface area contributed by atoms with Crippen molar-refractivity contribution < 1.29 is 14.7 Å². The molecular formula is C22H22N2O3. The quantitative estimate of drug-likeness (QED) is 0.637. The Morgan fingerprint density at radius 1 is 0.926 bits per heavy atom. The molecule has 138 valence electrons. The first-order chi connectivity index (χ1) is 13.0. The molecule has 0 unspecified atom stereocenters. The van der Waals surface area contributed by atoms with E-state index in [1.165, 1.54) is 6.07 Å². The van der Waals surface area contributed by atoms with Gasteiger partial charge in [-0.2, -0.15) is 0 Å². The fourth-order valence-corrected chi connectivity index (χ4v) is 2.88. The largest absolute Gasteiger partial charge is 0.507 e. The maximum Gasteiger partial charge on any atom is 0.257 e. The smallest absolute Gasteiger partial charge is 0.257 e. The number of phenolic OH excluding ortho intramolecular Hbond substituents is 1. The fraction of sp³-hybridized carbons (Fsp3) is 0.182. The molecule has 0 heterocycles. The molecule has 0 saturated heterocycles. The van der Waals surface area contributed by atoms with Crippen LogP contribution in [0.5, 0.6) is 5.75 Å². The molecule has 0 aliphatic rings. The Hall–Kier alpha value is -3.34. The van der Waals surface area contributed by atoms with E-state index in [1.807, 2.05) is 50.2 Å². The van der Waals surface area contributed by atoms with Crippen LogP contribution < -0.4 is 10.6 Å². The number of carbonyl (C=O) groups excluding carboxylic acids is 2. The van der Waals surface area contributed by atoms with Crippen LogP contribution in [0.2, 0.25) is 0 Å². The Labute approximate surface area is 158 Å².